The molecule has 1 fully saturated rings. The molecule has 0 amide bonds. The molecule has 0 unspecified atom stereocenters. The summed E-state index contributed by atoms with van der Waals surface area (Å²) < 4.78 is 24.3. The van der Waals surface area contributed by atoms with Gasteiger partial charge in [0, 0.05) is 56.7 Å². The Morgan fingerprint density at radius 3 is 2.80 bits per heavy atom. The molecule has 7 nitrogen and oxygen atoms in total. The molecule has 4 heterocycles. The normalized spacial score (nSPS) is 15.8. The first kappa shape index (κ1) is 20.7. The largest absolute Gasteiger partial charge is 0.361 e. The van der Waals surface area contributed by atoms with E-state index in [0.29, 0.717) is 49.6 Å². The van der Waals surface area contributed by atoms with E-state index in [1.54, 1.807) is 10.9 Å². The smallest absolute Gasteiger partial charge is 0.150 e. The van der Waals surface area contributed by atoms with E-state index >= 15 is 0 Å². The van der Waals surface area contributed by atoms with E-state index in [4.69, 9.17) is 4.74 Å². The first-order valence-corrected chi connectivity index (χ1v) is 13.9. The van der Waals surface area contributed by atoms with Crippen LogP contribution in [0.2, 0.25) is 25.7 Å². The highest BCUT2D eigenvalue weighted by Crippen LogP contribution is 2.33. The van der Waals surface area contributed by atoms with Gasteiger partial charge >= 0.3 is 0 Å². The van der Waals surface area contributed by atoms with Crippen LogP contribution in [-0.2, 0) is 17.0 Å². The van der Waals surface area contributed by atoms with Crippen LogP contribution in [0.1, 0.15) is 6.42 Å². The van der Waals surface area contributed by atoms with E-state index < -0.39 is 8.07 Å². The second-order valence-electron chi connectivity index (χ2n) is 9.19. The Balaban J connectivity index is 1.60. The van der Waals surface area contributed by atoms with Gasteiger partial charge in [-0.1, -0.05) is 19.6 Å². The number of hydrogen-bond acceptors (Lipinski definition) is 5. The van der Waals surface area contributed by atoms with Gasteiger partial charge in [-0.25, -0.2) is 9.37 Å². The fraction of sp³-hybridized carbons (Fsp3) is 0.476. The van der Waals surface area contributed by atoms with Crippen molar-refractivity contribution in [2.45, 2.75) is 44.4 Å². The molecule has 3 aromatic heterocycles. The lowest BCUT2D eigenvalue weighted by molar-refractivity contribution is 0.0899. The van der Waals surface area contributed by atoms with E-state index in [9.17, 15) is 9.65 Å². The molecule has 0 aliphatic carbocycles. The Hall–Kier alpha value is -2.54. The number of nitrogens with one attached hydrogen (secondary N) is 1. The fourth-order valence-corrected chi connectivity index (χ4v) is 4.45. The predicted octanol–water partition coefficient (Wildman–Crippen LogP) is 3.56. The third kappa shape index (κ3) is 3.90. The third-order valence-electron chi connectivity index (χ3n) is 5.64. The topological polar surface area (TPSA) is 80.7 Å². The van der Waals surface area contributed by atoms with Crippen molar-refractivity contribution in [3.8, 4) is 17.2 Å². The Morgan fingerprint density at radius 1 is 1.33 bits per heavy atom. The molecule has 30 heavy (non-hydrogen) atoms. The average molecular weight is 427 g/mol. The van der Waals surface area contributed by atoms with E-state index in [-0.39, 0.29) is 11.4 Å². The molecule has 9 heteroatoms. The maximum absolute atomic E-state index is 14.8. The lowest BCUT2D eigenvalue weighted by Gasteiger charge is -2.41. The molecule has 0 aromatic carbocycles. The van der Waals surface area contributed by atoms with Crippen LogP contribution in [0.3, 0.4) is 0 Å². The lowest BCUT2D eigenvalue weighted by Crippen LogP contribution is -2.60. The van der Waals surface area contributed by atoms with Gasteiger partial charge in [0.1, 0.15) is 23.7 Å². The molecule has 0 spiro atoms. The molecule has 1 aliphatic heterocycles. The monoisotopic (exact) mass is 426 g/mol. The van der Waals surface area contributed by atoms with E-state index in [1.165, 1.54) is 6.20 Å². The molecule has 1 aliphatic rings. The SMILES string of the molecule is C[Si](C)(C)CCOCn1ccc2c(-c3cnn(C4(CC#N)CNC4)c3)c(F)cnc21. The summed E-state index contributed by atoms with van der Waals surface area (Å²) in [7, 11) is -1.14. The second kappa shape index (κ2) is 7.94. The van der Waals surface area contributed by atoms with Crippen molar-refractivity contribution < 1.29 is 9.13 Å². The molecular weight excluding hydrogens is 399 g/mol. The third-order valence-corrected chi connectivity index (χ3v) is 7.35. The first-order chi connectivity index (χ1) is 14.3. The van der Waals surface area contributed by atoms with Crippen molar-refractivity contribution >= 4 is 19.1 Å². The van der Waals surface area contributed by atoms with Gasteiger partial charge in [0.05, 0.1) is 24.9 Å². The summed E-state index contributed by atoms with van der Waals surface area (Å²) in [5.41, 5.74) is 1.49. The van der Waals surface area contributed by atoms with Gasteiger partial charge in [-0.15, -0.1) is 0 Å². The molecule has 3 aromatic rings. The summed E-state index contributed by atoms with van der Waals surface area (Å²) in [6.45, 7) is 9.42. The Kier molecular flexibility index (Phi) is 5.49. The number of aromatic nitrogens is 4. The molecule has 1 saturated heterocycles. The minimum Gasteiger partial charge on any atom is -0.361 e. The maximum Gasteiger partial charge on any atom is 0.150 e. The number of pyridine rings is 1. The summed E-state index contributed by atoms with van der Waals surface area (Å²) in [4.78, 5) is 4.30. The van der Waals surface area contributed by atoms with Gasteiger partial charge in [-0.3, -0.25) is 4.68 Å². The van der Waals surface area contributed by atoms with Crippen molar-refractivity contribution in [1.82, 2.24) is 24.6 Å². The van der Waals surface area contributed by atoms with Gasteiger partial charge in [0.25, 0.3) is 0 Å². The van der Waals surface area contributed by atoms with Gasteiger partial charge in [-0.05, 0) is 12.1 Å². The molecule has 0 atom stereocenters. The zero-order valence-electron chi connectivity index (χ0n) is 17.7. The number of ether oxygens (including phenoxy) is 1. The standard InChI is InChI=1S/C21H27FN6OSi/c1-30(2,3)9-8-29-15-27-7-4-17-19(18(22)11-25-20(17)27)16-10-26-28(12-16)21(5-6-23)13-24-14-21/h4,7,10-12,24H,5,8-9,13-15H2,1-3H3. The highest BCUT2D eigenvalue weighted by Gasteiger charge is 2.39. The summed E-state index contributed by atoms with van der Waals surface area (Å²) >= 11 is 0. The Morgan fingerprint density at radius 2 is 2.13 bits per heavy atom. The van der Waals surface area contributed by atoms with Crippen molar-refractivity contribution in [3.63, 3.8) is 0 Å². The molecule has 0 radical (unpaired) electrons. The molecule has 1 N–H and O–H groups in total. The summed E-state index contributed by atoms with van der Waals surface area (Å²) in [6.07, 6.45) is 6.99. The molecule has 158 valence electrons. The van der Waals surface area contributed by atoms with E-state index in [2.05, 4.69) is 41.1 Å². The molecule has 0 bridgehead atoms. The molecule has 0 saturated carbocycles. The molecule has 4 rings (SSSR count). The quantitative estimate of drug-likeness (QED) is 0.440. The van der Waals surface area contributed by atoms with Crippen LogP contribution in [-0.4, -0.2) is 47.1 Å². The predicted molar refractivity (Wildman–Crippen MR) is 116 cm³/mol. The summed E-state index contributed by atoms with van der Waals surface area (Å²) in [5, 5.41) is 17.6. The van der Waals surface area contributed by atoms with Crippen LogP contribution >= 0.6 is 0 Å². The van der Waals surface area contributed by atoms with Crippen LogP contribution in [0.4, 0.5) is 4.39 Å². The minimum absolute atomic E-state index is 0.355. The molecular formula is C21H27FN6OSi. The van der Waals surface area contributed by atoms with Crippen LogP contribution in [0.15, 0.2) is 30.9 Å². The summed E-state index contributed by atoms with van der Waals surface area (Å²) in [6, 6.07) is 5.20. The van der Waals surface area contributed by atoms with Crippen LogP contribution in [0.5, 0.6) is 0 Å². The van der Waals surface area contributed by atoms with Gasteiger partial charge in [0.15, 0.2) is 0 Å². The van der Waals surface area contributed by atoms with Crippen LogP contribution in [0.25, 0.3) is 22.2 Å². The number of fused-ring (bicyclic) bond motifs is 1. The second-order valence-corrected chi connectivity index (χ2v) is 14.8. The lowest BCUT2D eigenvalue weighted by atomic mass is 9.89. The van der Waals surface area contributed by atoms with Gasteiger partial charge in [0.2, 0.25) is 0 Å². The zero-order chi connectivity index (χ0) is 21.4. The maximum atomic E-state index is 14.8. The Bertz CT molecular complexity index is 1090. The van der Waals surface area contributed by atoms with E-state index in [0.717, 1.165) is 11.4 Å². The average Bonchev–Trinajstić information content (AvgIpc) is 3.28. The minimum atomic E-state index is -1.14. The zero-order valence-corrected chi connectivity index (χ0v) is 18.7. The number of nitrogens with zero attached hydrogens (tertiary/aromatic N) is 5. The van der Waals surface area contributed by atoms with Crippen molar-refractivity contribution in [2.24, 2.45) is 0 Å². The number of rotatable bonds is 8. The van der Waals surface area contributed by atoms with Crippen LogP contribution < -0.4 is 5.32 Å². The highest BCUT2D eigenvalue weighted by molar-refractivity contribution is 6.76. The van der Waals surface area contributed by atoms with Crippen LogP contribution in [0, 0.1) is 17.1 Å². The van der Waals surface area contributed by atoms with Gasteiger partial charge in [-0.2, -0.15) is 10.4 Å². The number of nitriles is 1. The Labute approximate surface area is 176 Å². The fourth-order valence-electron chi connectivity index (χ4n) is 3.69. The van der Waals surface area contributed by atoms with Crippen molar-refractivity contribution in [3.05, 3.63) is 36.7 Å². The van der Waals surface area contributed by atoms with E-state index in [1.807, 2.05) is 23.0 Å². The number of halogens is 1. The summed E-state index contributed by atoms with van der Waals surface area (Å²) in [5.74, 6) is -0.388. The van der Waals surface area contributed by atoms with Crippen molar-refractivity contribution in [1.29, 1.82) is 5.26 Å². The van der Waals surface area contributed by atoms with Crippen molar-refractivity contribution in [2.75, 3.05) is 19.7 Å². The number of hydrogen-bond donors (Lipinski definition) is 1. The highest BCUT2D eigenvalue weighted by atomic mass is 28.3. The first-order valence-electron chi connectivity index (χ1n) is 10.2. The van der Waals surface area contributed by atoms with Gasteiger partial charge < -0.3 is 14.6 Å².